The third-order valence-corrected chi connectivity index (χ3v) is 7.19. The number of hydrogen-bond donors (Lipinski definition) is 0. The summed E-state index contributed by atoms with van der Waals surface area (Å²) in [6, 6.07) is 8.25. The van der Waals surface area contributed by atoms with Gasteiger partial charge in [0.2, 0.25) is 10.0 Å². The predicted octanol–water partition coefficient (Wildman–Crippen LogP) is 1.85. The van der Waals surface area contributed by atoms with E-state index in [9.17, 15) is 26.8 Å². The van der Waals surface area contributed by atoms with Crippen LogP contribution in [0, 0.1) is 11.6 Å². The normalized spacial score (nSPS) is 18.5. The first kappa shape index (κ1) is 20.6. The lowest BCUT2D eigenvalue weighted by atomic mass is 10.1. The van der Waals surface area contributed by atoms with Gasteiger partial charge in [0.15, 0.2) is 0 Å². The fourth-order valence-electron chi connectivity index (χ4n) is 3.69. The summed E-state index contributed by atoms with van der Waals surface area (Å²) < 4.78 is 53.8. The molecule has 1 amide bonds. The molecular formula is C20H19F2N3O4S. The summed E-state index contributed by atoms with van der Waals surface area (Å²) >= 11 is 0. The number of sulfonamides is 1. The second-order valence-corrected chi connectivity index (χ2v) is 9.13. The van der Waals surface area contributed by atoms with E-state index in [1.54, 1.807) is 0 Å². The number of fused-ring (bicyclic) bond motifs is 1. The highest BCUT2D eigenvalue weighted by Gasteiger charge is 2.37. The molecule has 30 heavy (non-hydrogen) atoms. The number of nitrogens with zero attached hydrogens (tertiary/aromatic N) is 3. The van der Waals surface area contributed by atoms with E-state index in [4.69, 9.17) is 0 Å². The van der Waals surface area contributed by atoms with Gasteiger partial charge in [0.1, 0.15) is 11.6 Å². The summed E-state index contributed by atoms with van der Waals surface area (Å²) in [6.45, 7) is 1.33. The number of hydrogen-bond acceptors (Lipinski definition) is 5. The summed E-state index contributed by atoms with van der Waals surface area (Å²) in [5.74, 6) is -2.47. The van der Waals surface area contributed by atoms with Crippen LogP contribution in [-0.2, 0) is 14.8 Å². The van der Waals surface area contributed by atoms with Crippen LogP contribution in [0.1, 0.15) is 16.8 Å². The molecule has 0 bridgehead atoms. The second kappa shape index (κ2) is 7.86. The van der Waals surface area contributed by atoms with E-state index in [0.29, 0.717) is 19.5 Å². The summed E-state index contributed by atoms with van der Waals surface area (Å²) in [7, 11) is -3.77. The van der Waals surface area contributed by atoms with Crippen LogP contribution >= 0.6 is 0 Å². The number of halogens is 2. The Kier molecular flexibility index (Phi) is 5.39. The van der Waals surface area contributed by atoms with Crippen molar-refractivity contribution in [3.8, 4) is 0 Å². The summed E-state index contributed by atoms with van der Waals surface area (Å²) in [4.78, 5) is 27.6. The SMILES string of the molecule is O=C1C(=O)N(CN2CCCN(S(=O)(=O)c3ccc(F)cc3)CC2)c2cc(F)ccc21. The van der Waals surface area contributed by atoms with Gasteiger partial charge < -0.3 is 0 Å². The van der Waals surface area contributed by atoms with Crippen molar-refractivity contribution in [2.24, 2.45) is 0 Å². The lowest BCUT2D eigenvalue weighted by molar-refractivity contribution is -0.114. The van der Waals surface area contributed by atoms with E-state index in [1.807, 2.05) is 4.90 Å². The van der Waals surface area contributed by atoms with Crippen molar-refractivity contribution in [3.63, 3.8) is 0 Å². The molecule has 4 rings (SSSR count). The number of ketones is 1. The lowest BCUT2D eigenvalue weighted by Crippen LogP contribution is -2.43. The number of rotatable bonds is 4. The summed E-state index contributed by atoms with van der Waals surface area (Å²) in [6.07, 6.45) is 0.506. The van der Waals surface area contributed by atoms with Gasteiger partial charge in [-0.1, -0.05) is 0 Å². The minimum absolute atomic E-state index is 0.0158. The molecule has 0 aromatic heterocycles. The van der Waals surface area contributed by atoms with Crippen molar-refractivity contribution < 1.29 is 26.8 Å². The monoisotopic (exact) mass is 435 g/mol. The summed E-state index contributed by atoms with van der Waals surface area (Å²) in [5, 5.41) is 0. The Morgan fingerprint density at radius 1 is 0.867 bits per heavy atom. The molecule has 0 atom stereocenters. The van der Waals surface area contributed by atoms with E-state index >= 15 is 0 Å². The molecule has 1 fully saturated rings. The average molecular weight is 435 g/mol. The number of Topliss-reactive ketones (excluding diaryl/α,β-unsaturated/α-hetero) is 1. The molecule has 0 radical (unpaired) electrons. The lowest BCUT2D eigenvalue weighted by Gasteiger charge is -2.26. The number of amides is 1. The maximum Gasteiger partial charge on any atom is 0.300 e. The molecular weight excluding hydrogens is 416 g/mol. The minimum atomic E-state index is -3.77. The highest BCUT2D eigenvalue weighted by atomic mass is 32.2. The van der Waals surface area contributed by atoms with Crippen molar-refractivity contribution in [1.29, 1.82) is 0 Å². The standard InChI is InChI=1S/C20H19F2N3O4S/c21-14-2-5-16(6-3-14)30(28,29)24-9-1-8-23(10-11-24)13-25-18-12-15(22)4-7-17(18)19(26)20(25)27/h2-7,12H,1,8-11,13H2. The molecule has 2 aliphatic heterocycles. The van der Waals surface area contributed by atoms with Gasteiger partial charge in [-0.15, -0.1) is 0 Å². The Morgan fingerprint density at radius 2 is 1.57 bits per heavy atom. The highest BCUT2D eigenvalue weighted by molar-refractivity contribution is 7.89. The van der Waals surface area contributed by atoms with Crippen LogP contribution in [-0.4, -0.2) is 62.2 Å². The Labute approximate surface area is 172 Å². The van der Waals surface area contributed by atoms with Crippen molar-refractivity contribution in [2.75, 3.05) is 37.7 Å². The minimum Gasteiger partial charge on any atom is -0.291 e. The van der Waals surface area contributed by atoms with E-state index < -0.39 is 33.3 Å². The van der Waals surface area contributed by atoms with Gasteiger partial charge in [0.05, 0.1) is 22.8 Å². The molecule has 2 aliphatic rings. The van der Waals surface area contributed by atoms with Crippen LogP contribution in [0.25, 0.3) is 0 Å². The fourth-order valence-corrected chi connectivity index (χ4v) is 5.16. The molecule has 10 heteroatoms. The Balaban J connectivity index is 1.48. The third-order valence-electron chi connectivity index (χ3n) is 5.27. The van der Waals surface area contributed by atoms with Gasteiger partial charge >= 0.3 is 5.91 Å². The van der Waals surface area contributed by atoms with Crippen molar-refractivity contribution in [1.82, 2.24) is 9.21 Å². The largest absolute Gasteiger partial charge is 0.300 e. The predicted molar refractivity (Wildman–Crippen MR) is 104 cm³/mol. The molecule has 0 N–H and O–H groups in total. The first-order valence-electron chi connectivity index (χ1n) is 9.41. The van der Waals surface area contributed by atoms with E-state index in [-0.39, 0.29) is 35.9 Å². The Hall–Kier alpha value is -2.69. The van der Waals surface area contributed by atoms with Crippen molar-refractivity contribution in [3.05, 3.63) is 59.7 Å². The Morgan fingerprint density at radius 3 is 2.30 bits per heavy atom. The number of carbonyl (C=O) groups excluding carboxylic acids is 2. The molecule has 158 valence electrons. The van der Waals surface area contributed by atoms with Crippen LogP contribution in [0.2, 0.25) is 0 Å². The molecule has 2 heterocycles. The molecule has 7 nitrogen and oxygen atoms in total. The van der Waals surface area contributed by atoms with E-state index in [1.165, 1.54) is 27.4 Å². The van der Waals surface area contributed by atoms with Gasteiger partial charge in [-0.05, 0) is 48.9 Å². The van der Waals surface area contributed by atoms with Crippen LogP contribution in [0.4, 0.5) is 14.5 Å². The molecule has 2 aromatic carbocycles. The molecule has 0 aliphatic carbocycles. The van der Waals surface area contributed by atoms with Crippen LogP contribution in [0.15, 0.2) is 47.4 Å². The van der Waals surface area contributed by atoms with Gasteiger partial charge in [-0.25, -0.2) is 17.2 Å². The second-order valence-electron chi connectivity index (χ2n) is 7.19. The summed E-state index contributed by atoms with van der Waals surface area (Å²) in [5.41, 5.74) is 0.391. The average Bonchev–Trinajstić information content (AvgIpc) is 2.88. The first-order chi connectivity index (χ1) is 14.3. The zero-order valence-corrected chi connectivity index (χ0v) is 16.7. The maximum absolute atomic E-state index is 13.6. The van der Waals surface area contributed by atoms with E-state index in [0.717, 1.165) is 24.3 Å². The van der Waals surface area contributed by atoms with Gasteiger partial charge in [0.25, 0.3) is 5.78 Å². The molecule has 2 aromatic rings. The molecule has 1 saturated heterocycles. The van der Waals surface area contributed by atoms with Gasteiger partial charge in [-0.3, -0.25) is 19.4 Å². The fraction of sp³-hybridized carbons (Fsp3) is 0.300. The zero-order valence-electron chi connectivity index (χ0n) is 15.9. The zero-order chi connectivity index (χ0) is 21.5. The number of carbonyl (C=O) groups is 2. The third kappa shape index (κ3) is 3.73. The van der Waals surface area contributed by atoms with E-state index in [2.05, 4.69) is 0 Å². The highest BCUT2D eigenvalue weighted by Crippen LogP contribution is 2.30. The smallest absolute Gasteiger partial charge is 0.291 e. The van der Waals surface area contributed by atoms with Gasteiger partial charge in [0, 0.05) is 26.2 Å². The van der Waals surface area contributed by atoms with Crippen molar-refractivity contribution >= 4 is 27.4 Å². The van der Waals surface area contributed by atoms with Crippen LogP contribution in [0.3, 0.4) is 0 Å². The van der Waals surface area contributed by atoms with Crippen molar-refractivity contribution in [2.45, 2.75) is 11.3 Å². The van der Waals surface area contributed by atoms with Crippen LogP contribution < -0.4 is 4.90 Å². The number of anilines is 1. The molecule has 0 spiro atoms. The first-order valence-corrected chi connectivity index (χ1v) is 10.9. The number of benzene rings is 2. The Bertz CT molecular complexity index is 1110. The molecule has 0 unspecified atom stereocenters. The van der Waals surface area contributed by atoms with Crippen LogP contribution in [0.5, 0.6) is 0 Å². The van der Waals surface area contributed by atoms with Gasteiger partial charge in [-0.2, -0.15) is 4.31 Å². The molecule has 0 saturated carbocycles. The quantitative estimate of drug-likeness (QED) is 0.685. The topological polar surface area (TPSA) is 78.0 Å². The maximum atomic E-state index is 13.6.